The average Bonchev–Trinajstić information content (AvgIpc) is 3.74. The van der Waals surface area contributed by atoms with E-state index in [0.29, 0.717) is 23.0 Å². The number of aromatic nitrogens is 2. The summed E-state index contributed by atoms with van der Waals surface area (Å²) in [7, 11) is 0. The number of pyridine rings is 1. The Kier molecular flexibility index (Phi) is 6.59. The van der Waals surface area contributed by atoms with Gasteiger partial charge in [-0.1, -0.05) is 24.3 Å². The Hall–Kier alpha value is -4.37. The number of aromatic amines is 1. The highest BCUT2D eigenvalue weighted by Gasteiger charge is 2.39. The molecular formula is C32H34N6O3. The number of H-pyrrole nitrogens is 1. The molecule has 0 unspecified atom stereocenters. The average molecular weight is 551 g/mol. The lowest BCUT2D eigenvalue weighted by Gasteiger charge is -2.42. The van der Waals surface area contributed by atoms with Crippen LogP contribution in [0.5, 0.6) is 11.5 Å². The topological polar surface area (TPSA) is 108 Å². The Morgan fingerprint density at radius 1 is 1.00 bits per heavy atom. The molecule has 1 atom stereocenters. The van der Waals surface area contributed by atoms with E-state index in [1.807, 2.05) is 30.5 Å². The van der Waals surface area contributed by atoms with Crippen LogP contribution < -0.4 is 15.4 Å². The molecule has 7 rings (SSSR count). The van der Waals surface area contributed by atoms with Gasteiger partial charge in [-0.05, 0) is 54.7 Å². The van der Waals surface area contributed by atoms with Crippen molar-refractivity contribution in [2.45, 2.75) is 31.8 Å². The van der Waals surface area contributed by atoms with Gasteiger partial charge in [-0.2, -0.15) is 0 Å². The monoisotopic (exact) mass is 550 g/mol. The maximum Gasteiger partial charge on any atom is 0.252 e. The van der Waals surface area contributed by atoms with Crippen LogP contribution in [0.15, 0.2) is 67.0 Å². The van der Waals surface area contributed by atoms with Gasteiger partial charge in [0, 0.05) is 74.6 Å². The number of nitrogens with two attached hydrogens (primary N) is 1. The van der Waals surface area contributed by atoms with Crippen LogP contribution in [0.25, 0.3) is 11.0 Å². The highest BCUT2D eigenvalue weighted by Crippen LogP contribution is 2.35. The lowest BCUT2D eigenvalue weighted by Crippen LogP contribution is -2.54. The SMILES string of the molecule is NC(=O)c1ccc(N2CCN(C[C@H]3Cc4ccccc4CN3C(=O)C3CC3)CC2)cc1Oc1cnc2[nH]ccc2c1. The number of carbonyl (C=O) groups excluding carboxylic acids is 2. The Balaban J connectivity index is 1.04. The minimum absolute atomic E-state index is 0.199. The van der Waals surface area contributed by atoms with Gasteiger partial charge < -0.3 is 25.3 Å². The lowest BCUT2D eigenvalue weighted by molar-refractivity contribution is -0.136. The van der Waals surface area contributed by atoms with E-state index in [-0.39, 0.29) is 12.0 Å². The molecule has 1 saturated heterocycles. The molecule has 41 heavy (non-hydrogen) atoms. The molecule has 2 aromatic carbocycles. The summed E-state index contributed by atoms with van der Waals surface area (Å²) in [5.74, 6) is 0.979. The Labute approximate surface area is 238 Å². The molecule has 2 aliphatic heterocycles. The van der Waals surface area contributed by atoms with Crippen molar-refractivity contribution in [3.05, 3.63) is 83.7 Å². The number of benzene rings is 2. The first-order valence-electron chi connectivity index (χ1n) is 14.4. The van der Waals surface area contributed by atoms with E-state index in [1.165, 1.54) is 11.1 Å². The number of fused-ring (bicyclic) bond motifs is 2. The summed E-state index contributed by atoms with van der Waals surface area (Å²) in [6.07, 6.45) is 6.43. The molecule has 9 heteroatoms. The van der Waals surface area contributed by atoms with Crippen molar-refractivity contribution < 1.29 is 14.3 Å². The summed E-state index contributed by atoms with van der Waals surface area (Å²) >= 11 is 0. The second kappa shape index (κ2) is 10.6. The fourth-order valence-electron chi connectivity index (χ4n) is 6.16. The number of carbonyl (C=O) groups is 2. The van der Waals surface area contributed by atoms with Crippen LogP contribution in [0.2, 0.25) is 0 Å². The van der Waals surface area contributed by atoms with Crippen LogP contribution in [-0.4, -0.2) is 70.3 Å². The van der Waals surface area contributed by atoms with E-state index >= 15 is 0 Å². The molecule has 4 heterocycles. The quantitative estimate of drug-likeness (QED) is 0.361. The lowest BCUT2D eigenvalue weighted by atomic mass is 9.93. The van der Waals surface area contributed by atoms with Gasteiger partial charge in [-0.15, -0.1) is 0 Å². The summed E-state index contributed by atoms with van der Waals surface area (Å²) in [4.78, 5) is 39.8. The van der Waals surface area contributed by atoms with Crippen LogP contribution in [0.3, 0.4) is 0 Å². The maximum atomic E-state index is 13.2. The van der Waals surface area contributed by atoms with E-state index < -0.39 is 5.91 Å². The van der Waals surface area contributed by atoms with E-state index in [2.05, 4.69) is 48.9 Å². The van der Waals surface area contributed by atoms with Crippen molar-refractivity contribution in [2.24, 2.45) is 11.7 Å². The molecule has 3 N–H and O–H groups in total. The molecule has 2 amide bonds. The summed E-state index contributed by atoms with van der Waals surface area (Å²) in [5.41, 5.74) is 10.4. The Morgan fingerprint density at radius 3 is 2.59 bits per heavy atom. The molecule has 1 aliphatic carbocycles. The van der Waals surface area contributed by atoms with E-state index in [1.54, 1.807) is 12.3 Å². The first-order valence-corrected chi connectivity index (χ1v) is 14.4. The van der Waals surface area contributed by atoms with Gasteiger partial charge in [0.05, 0.1) is 11.8 Å². The molecule has 4 aromatic rings. The van der Waals surface area contributed by atoms with Crippen molar-refractivity contribution >= 4 is 28.5 Å². The molecule has 1 saturated carbocycles. The van der Waals surface area contributed by atoms with Crippen molar-refractivity contribution in [3.8, 4) is 11.5 Å². The number of ether oxygens (including phenoxy) is 1. The third-order valence-electron chi connectivity index (χ3n) is 8.60. The fraction of sp³-hybridized carbons (Fsp3) is 0.344. The predicted molar refractivity (Wildman–Crippen MR) is 157 cm³/mol. The number of nitrogens with one attached hydrogen (secondary N) is 1. The molecule has 0 bridgehead atoms. The number of primary amides is 1. The van der Waals surface area contributed by atoms with E-state index in [0.717, 1.165) is 75.3 Å². The predicted octanol–water partition coefficient (Wildman–Crippen LogP) is 3.94. The molecule has 0 spiro atoms. The second-order valence-electron chi connectivity index (χ2n) is 11.4. The Bertz CT molecular complexity index is 1600. The zero-order valence-electron chi connectivity index (χ0n) is 23.0. The first-order chi connectivity index (χ1) is 20.0. The number of hydrogen-bond acceptors (Lipinski definition) is 6. The smallest absolute Gasteiger partial charge is 0.252 e. The van der Waals surface area contributed by atoms with Gasteiger partial charge in [-0.3, -0.25) is 14.5 Å². The molecule has 3 aliphatic rings. The van der Waals surface area contributed by atoms with Crippen LogP contribution in [0, 0.1) is 5.92 Å². The summed E-state index contributed by atoms with van der Waals surface area (Å²) < 4.78 is 6.14. The molecule has 210 valence electrons. The number of nitrogens with zero attached hydrogens (tertiary/aromatic N) is 4. The van der Waals surface area contributed by atoms with Gasteiger partial charge in [0.15, 0.2) is 0 Å². The number of piperazine rings is 1. The first kappa shape index (κ1) is 25.6. The van der Waals surface area contributed by atoms with Gasteiger partial charge in [0.2, 0.25) is 5.91 Å². The standard InChI is InChI=1S/C32H34N6O3/c33-30(39)28-8-7-25(17-29(28)41-27-16-23-9-10-34-31(23)35-18-27)37-13-11-36(12-14-37)20-26-15-22-3-1-2-4-24(22)19-38(26)32(40)21-5-6-21/h1-4,7-10,16-18,21,26H,5-6,11-15,19-20H2,(H2,33,39)(H,34,35)/t26-/m1/s1. The maximum absolute atomic E-state index is 13.2. The highest BCUT2D eigenvalue weighted by atomic mass is 16.5. The van der Waals surface area contributed by atoms with E-state index in [4.69, 9.17) is 10.5 Å². The van der Waals surface area contributed by atoms with Gasteiger partial charge >= 0.3 is 0 Å². The number of rotatable bonds is 7. The minimum atomic E-state index is -0.536. The normalized spacial score (nSPS) is 19.3. The second-order valence-corrected chi connectivity index (χ2v) is 11.4. The van der Waals surface area contributed by atoms with Crippen molar-refractivity contribution in [1.82, 2.24) is 19.8 Å². The van der Waals surface area contributed by atoms with Crippen LogP contribution in [0.1, 0.15) is 34.3 Å². The number of amides is 2. The van der Waals surface area contributed by atoms with Crippen molar-refractivity contribution in [3.63, 3.8) is 0 Å². The molecule has 2 aromatic heterocycles. The molecule has 2 fully saturated rings. The summed E-state index contributed by atoms with van der Waals surface area (Å²) in [6.45, 7) is 5.07. The van der Waals surface area contributed by atoms with Crippen LogP contribution in [0.4, 0.5) is 5.69 Å². The Morgan fingerprint density at radius 2 is 1.80 bits per heavy atom. The zero-order chi connectivity index (χ0) is 27.9. The molecule has 0 radical (unpaired) electrons. The van der Waals surface area contributed by atoms with Gasteiger partial charge in [0.25, 0.3) is 5.91 Å². The molecule has 9 nitrogen and oxygen atoms in total. The van der Waals surface area contributed by atoms with E-state index in [9.17, 15) is 9.59 Å². The fourth-order valence-corrected chi connectivity index (χ4v) is 6.16. The number of hydrogen-bond donors (Lipinski definition) is 2. The molecular weight excluding hydrogens is 516 g/mol. The van der Waals surface area contributed by atoms with Gasteiger partial charge in [-0.25, -0.2) is 4.98 Å². The third kappa shape index (κ3) is 5.25. The van der Waals surface area contributed by atoms with Crippen molar-refractivity contribution in [1.29, 1.82) is 0 Å². The largest absolute Gasteiger partial charge is 0.455 e. The summed E-state index contributed by atoms with van der Waals surface area (Å²) in [5, 5.41) is 0.925. The van der Waals surface area contributed by atoms with Gasteiger partial charge in [0.1, 0.15) is 17.1 Å². The summed E-state index contributed by atoms with van der Waals surface area (Å²) in [6, 6.07) is 18.1. The third-order valence-corrected chi connectivity index (χ3v) is 8.60. The zero-order valence-corrected chi connectivity index (χ0v) is 23.0. The van der Waals surface area contributed by atoms with Crippen LogP contribution in [-0.2, 0) is 17.8 Å². The van der Waals surface area contributed by atoms with Crippen molar-refractivity contribution in [2.75, 3.05) is 37.6 Å². The van der Waals surface area contributed by atoms with Crippen LogP contribution >= 0.6 is 0 Å². The number of anilines is 1. The highest BCUT2D eigenvalue weighted by molar-refractivity contribution is 5.96. The minimum Gasteiger partial charge on any atom is -0.455 e.